The summed E-state index contributed by atoms with van der Waals surface area (Å²) >= 11 is 0. The molecule has 8 heteroatoms. The highest BCUT2D eigenvalue weighted by Gasteiger charge is 2.29. The summed E-state index contributed by atoms with van der Waals surface area (Å²) in [5, 5.41) is 18.8. The van der Waals surface area contributed by atoms with Crippen LogP contribution in [0.3, 0.4) is 0 Å². The first kappa shape index (κ1) is 21.9. The number of aromatic nitrogens is 1. The predicted octanol–water partition coefficient (Wildman–Crippen LogP) is 2.85. The van der Waals surface area contributed by atoms with E-state index in [-0.39, 0.29) is 11.6 Å². The maximum absolute atomic E-state index is 11.8. The van der Waals surface area contributed by atoms with Crippen LogP contribution in [0.2, 0.25) is 0 Å². The lowest BCUT2D eigenvalue weighted by Crippen LogP contribution is -2.31. The summed E-state index contributed by atoms with van der Waals surface area (Å²) in [6.45, 7) is 5.48. The van der Waals surface area contributed by atoms with E-state index in [1.54, 1.807) is 25.5 Å². The second-order valence-electron chi connectivity index (χ2n) is 7.13. The number of hydrogen-bond donors (Lipinski definition) is 2. The number of carboxylic acids is 1. The van der Waals surface area contributed by atoms with Crippen LogP contribution in [0, 0.1) is 11.3 Å². The van der Waals surface area contributed by atoms with Gasteiger partial charge >= 0.3 is 5.97 Å². The van der Waals surface area contributed by atoms with Crippen molar-refractivity contribution in [3.05, 3.63) is 46.3 Å². The van der Waals surface area contributed by atoms with Crippen molar-refractivity contribution in [2.24, 2.45) is 7.05 Å². The number of allylic oxidation sites excluding steroid dienone is 3. The fraction of sp³-hybridized carbons (Fsp3) is 0.500. The molecular weight excluding hydrogens is 378 g/mol. The van der Waals surface area contributed by atoms with Crippen molar-refractivity contribution in [3.63, 3.8) is 0 Å². The van der Waals surface area contributed by atoms with E-state index in [0.717, 1.165) is 11.3 Å². The molecule has 0 saturated carbocycles. The number of aromatic carboxylic acids is 1. The third-order valence-electron chi connectivity index (χ3n) is 5.09. The molecular formula is C20H27N3O4S. The van der Waals surface area contributed by atoms with Gasteiger partial charge in [-0.2, -0.15) is 5.26 Å². The van der Waals surface area contributed by atoms with Gasteiger partial charge in [0.1, 0.15) is 11.8 Å². The van der Waals surface area contributed by atoms with Crippen LogP contribution in [0.5, 0.6) is 0 Å². The molecule has 0 bridgehead atoms. The number of nitriles is 1. The number of hydrogen-bond acceptors (Lipinski definition) is 4. The molecule has 1 aliphatic rings. The lowest BCUT2D eigenvalue weighted by atomic mass is 9.86. The Hall–Kier alpha value is -2.37. The summed E-state index contributed by atoms with van der Waals surface area (Å²) in [6, 6.07) is 2.19. The van der Waals surface area contributed by atoms with Gasteiger partial charge in [-0.15, -0.1) is 0 Å². The minimum atomic E-state index is -3.29. The SMILES string of the molecule is CCc1c(C#N)c(C2C=CC(CCNS(=O)(=O)C(C)C)=CC2)c(C(=O)O)n1C. The van der Waals surface area contributed by atoms with E-state index in [9.17, 15) is 23.6 Å². The fourth-order valence-electron chi connectivity index (χ4n) is 3.48. The second-order valence-corrected chi connectivity index (χ2v) is 9.45. The summed E-state index contributed by atoms with van der Waals surface area (Å²) in [5.41, 5.74) is 2.87. The number of nitrogens with one attached hydrogen (secondary N) is 1. The molecule has 1 aromatic rings. The Labute approximate surface area is 166 Å². The van der Waals surface area contributed by atoms with E-state index >= 15 is 0 Å². The van der Waals surface area contributed by atoms with Crippen molar-refractivity contribution < 1.29 is 18.3 Å². The third kappa shape index (κ3) is 4.37. The number of sulfonamides is 1. The van der Waals surface area contributed by atoms with E-state index in [4.69, 9.17) is 0 Å². The molecule has 152 valence electrons. The molecule has 0 amide bonds. The summed E-state index contributed by atoms with van der Waals surface area (Å²) in [7, 11) is -1.61. The molecule has 0 aromatic carbocycles. The zero-order valence-corrected chi connectivity index (χ0v) is 17.5. The van der Waals surface area contributed by atoms with Gasteiger partial charge in [0.25, 0.3) is 0 Å². The lowest BCUT2D eigenvalue weighted by molar-refractivity contribution is 0.0684. The largest absolute Gasteiger partial charge is 0.477 e. The number of nitrogens with zero attached hydrogens (tertiary/aromatic N) is 2. The Morgan fingerprint density at radius 2 is 2.14 bits per heavy atom. The van der Waals surface area contributed by atoms with Gasteiger partial charge in [-0.05, 0) is 33.1 Å². The molecule has 1 aromatic heterocycles. The van der Waals surface area contributed by atoms with Gasteiger partial charge in [-0.3, -0.25) is 0 Å². The highest BCUT2D eigenvalue weighted by Crippen LogP contribution is 2.35. The highest BCUT2D eigenvalue weighted by atomic mass is 32.2. The van der Waals surface area contributed by atoms with E-state index in [0.29, 0.717) is 36.9 Å². The minimum absolute atomic E-state index is 0.157. The van der Waals surface area contributed by atoms with Crippen LogP contribution in [-0.4, -0.2) is 35.9 Å². The first-order valence-electron chi connectivity index (χ1n) is 9.34. The smallest absolute Gasteiger partial charge is 0.352 e. The van der Waals surface area contributed by atoms with Crippen molar-refractivity contribution in [3.8, 4) is 6.07 Å². The molecule has 1 unspecified atom stereocenters. The molecule has 2 rings (SSSR count). The van der Waals surface area contributed by atoms with E-state index in [2.05, 4.69) is 10.8 Å². The van der Waals surface area contributed by atoms with Crippen molar-refractivity contribution in [2.75, 3.05) is 6.54 Å². The zero-order chi connectivity index (χ0) is 21.1. The van der Waals surface area contributed by atoms with Crippen molar-refractivity contribution in [2.45, 2.75) is 51.2 Å². The van der Waals surface area contributed by atoms with E-state index < -0.39 is 21.2 Å². The van der Waals surface area contributed by atoms with Crippen LogP contribution < -0.4 is 4.72 Å². The molecule has 0 saturated heterocycles. The zero-order valence-electron chi connectivity index (χ0n) is 16.7. The summed E-state index contributed by atoms with van der Waals surface area (Å²) in [5.74, 6) is -1.23. The molecule has 28 heavy (non-hydrogen) atoms. The average molecular weight is 406 g/mol. The van der Waals surface area contributed by atoms with Crippen LogP contribution >= 0.6 is 0 Å². The second kappa shape index (κ2) is 8.76. The van der Waals surface area contributed by atoms with Gasteiger partial charge in [0.2, 0.25) is 10.0 Å². The molecule has 7 nitrogen and oxygen atoms in total. The average Bonchev–Trinajstić information content (AvgIpc) is 2.93. The fourth-order valence-corrected chi connectivity index (χ4v) is 4.20. The van der Waals surface area contributed by atoms with E-state index in [1.807, 2.05) is 25.2 Å². The molecule has 0 fully saturated rings. The maximum Gasteiger partial charge on any atom is 0.352 e. The Kier molecular flexibility index (Phi) is 6.86. The van der Waals surface area contributed by atoms with Gasteiger partial charge in [-0.25, -0.2) is 17.9 Å². The molecule has 1 heterocycles. The summed E-state index contributed by atoms with van der Waals surface area (Å²) in [6.07, 6.45) is 7.50. The number of carboxylic acid groups (broad SMARTS) is 1. The Morgan fingerprint density at radius 3 is 2.61 bits per heavy atom. The normalized spacial score (nSPS) is 16.9. The van der Waals surface area contributed by atoms with Gasteiger partial charge < -0.3 is 9.67 Å². The monoisotopic (exact) mass is 405 g/mol. The number of carbonyl (C=O) groups is 1. The highest BCUT2D eigenvalue weighted by molar-refractivity contribution is 7.90. The van der Waals surface area contributed by atoms with Crippen LogP contribution in [0.1, 0.15) is 66.8 Å². The van der Waals surface area contributed by atoms with Crippen LogP contribution in [0.25, 0.3) is 0 Å². The molecule has 0 spiro atoms. The van der Waals surface area contributed by atoms with Crippen molar-refractivity contribution in [1.29, 1.82) is 5.26 Å². The standard InChI is InChI=1S/C20H27N3O4S/c1-5-17-16(12-21)18(19(20(24)25)23(17)4)15-8-6-14(7-9-15)10-11-22-28(26,27)13(2)3/h6-8,13,15,22H,5,9-11H2,1-4H3,(H,24,25). The van der Waals surface area contributed by atoms with Gasteiger partial charge in [0.05, 0.1) is 10.8 Å². The first-order valence-corrected chi connectivity index (χ1v) is 10.9. The molecule has 0 radical (unpaired) electrons. The number of rotatable bonds is 8. The Bertz CT molecular complexity index is 963. The topological polar surface area (TPSA) is 112 Å². The Balaban J connectivity index is 2.19. The third-order valence-corrected chi connectivity index (χ3v) is 6.94. The molecule has 1 atom stereocenters. The summed E-state index contributed by atoms with van der Waals surface area (Å²) < 4.78 is 27.8. The van der Waals surface area contributed by atoms with Crippen molar-refractivity contribution >= 4 is 16.0 Å². The quantitative estimate of drug-likeness (QED) is 0.691. The molecule has 1 aliphatic carbocycles. The molecule has 2 N–H and O–H groups in total. The van der Waals surface area contributed by atoms with Gasteiger partial charge in [0, 0.05) is 30.8 Å². The van der Waals surface area contributed by atoms with E-state index in [1.165, 1.54) is 0 Å². The van der Waals surface area contributed by atoms with Crippen LogP contribution in [-0.2, 0) is 23.5 Å². The van der Waals surface area contributed by atoms with Crippen molar-refractivity contribution in [1.82, 2.24) is 9.29 Å². The summed E-state index contributed by atoms with van der Waals surface area (Å²) in [4.78, 5) is 11.8. The Morgan fingerprint density at radius 1 is 1.46 bits per heavy atom. The first-order chi connectivity index (χ1) is 13.1. The minimum Gasteiger partial charge on any atom is -0.477 e. The predicted molar refractivity (Wildman–Crippen MR) is 108 cm³/mol. The van der Waals surface area contributed by atoms with Crippen LogP contribution in [0.4, 0.5) is 0 Å². The molecule has 0 aliphatic heterocycles. The lowest BCUT2D eigenvalue weighted by Gasteiger charge is -2.18. The van der Waals surface area contributed by atoms with Gasteiger partial charge in [0.15, 0.2) is 0 Å². The van der Waals surface area contributed by atoms with Gasteiger partial charge in [-0.1, -0.05) is 30.7 Å². The van der Waals surface area contributed by atoms with Crippen LogP contribution in [0.15, 0.2) is 23.8 Å². The maximum atomic E-state index is 11.8.